The SMILES string of the molecule is C[C@@H](O)c1ccc(N(CCO)CC(F)F)nc1. The molecular weight excluding hydrogens is 230 g/mol. The average molecular weight is 246 g/mol. The van der Waals surface area contributed by atoms with Crippen LogP contribution in [0.1, 0.15) is 18.6 Å². The summed E-state index contributed by atoms with van der Waals surface area (Å²) >= 11 is 0. The predicted octanol–water partition coefficient (Wildman–Crippen LogP) is 1.20. The summed E-state index contributed by atoms with van der Waals surface area (Å²) in [5.74, 6) is 0.365. The summed E-state index contributed by atoms with van der Waals surface area (Å²) < 4.78 is 24.6. The summed E-state index contributed by atoms with van der Waals surface area (Å²) in [6.07, 6.45) is -1.69. The second-order valence-electron chi connectivity index (χ2n) is 3.69. The molecule has 1 rings (SSSR count). The van der Waals surface area contributed by atoms with Crippen LogP contribution in [0, 0.1) is 0 Å². The third-order valence-corrected chi connectivity index (χ3v) is 2.31. The molecule has 0 fully saturated rings. The lowest BCUT2D eigenvalue weighted by Gasteiger charge is -2.22. The van der Waals surface area contributed by atoms with Crippen LogP contribution in [0.25, 0.3) is 0 Å². The molecule has 6 heteroatoms. The van der Waals surface area contributed by atoms with Crippen molar-refractivity contribution in [2.45, 2.75) is 19.5 Å². The van der Waals surface area contributed by atoms with Crippen molar-refractivity contribution in [2.75, 3.05) is 24.6 Å². The smallest absolute Gasteiger partial charge is 0.255 e. The Morgan fingerprint density at radius 2 is 2.12 bits per heavy atom. The molecule has 1 aromatic heterocycles. The van der Waals surface area contributed by atoms with Crippen LogP contribution in [-0.2, 0) is 0 Å². The van der Waals surface area contributed by atoms with Gasteiger partial charge >= 0.3 is 0 Å². The highest BCUT2D eigenvalue weighted by Gasteiger charge is 2.13. The molecule has 0 amide bonds. The highest BCUT2D eigenvalue weighted by molar-refractivity contribution is 5.39. The van der Waals surface area contributed by atoms with Gasteiger partial charge < -0.3 is 15.1 Å². The maximum Gasteiger partial charge on any atom is 0.255 e. The number of hydrogen-bond donors (Lipinski definition) is 2. The number of alkyl halides is 2. The maximum atomic E-state index is 12.3. The lowest BCUT2D eigenvalue weighted by atomic mass is 10.2. The fourth-order valence-electron chi connectivity index (χ4n) is 1.42. The molecule has 0 saturated heterocycles. The molecule has 0 aliphatic carbocycles. The topological polar surface area (TPSA) is 56.6 Å². The first-order chi connectivity index (χ1) is 8.04. The van der Waals surface area contributed by atoms with Gasteiger partial charge in [-0.2, -0.15) is 0 Å². The Hall–Kier alpha value is -1.27. The zero-order valence-corrected chi connectivity index (χ0v) is 9.55. The van der Waals surface area contributed by atoms with Gasteiger partial charge in [-0.25, -0.2) is 13.8 Å². The zero-order chi connectivity index (χ0) is 12.8. The van der Waals surface area contributed by atoms with E-state index in [0.717, 1.165) is 0 Å². The number of hydrogen-bond acceptors (Lipinski definition) is 4. The molecule has 17 heavy (non-hydrogen) atoms. The minimum Gasteiger partial charge on any atom is -0.395 e. The molecule has 0 unspecified atom stereocenters. The molecule has 2 N–H and O–H groups in total. The van der Waals surface area contributed by atoms with Gasteiger partial charge in [0.15, 0.2) is 0 Å². The van der Waals surface area contributed by atoms with Gasteiger partial charge in [0.05, 0.1) is 19.3 Å². The van der Waals surface area contributed by atoms with Crippen LogP contribution in [0.15, 0.2) is 18.3 Å². The molecule has 0 saturated carbocycles. The molecule has 1 aromatic rings. The highest BCUT2D eigenvalue weighted by atomic mass is 19.3. The summed E-state index contributed by atoms with van der Waals surface area (Å²) in [5, 5.41) is 18.1. The van der Waals surface area contributed by atoms with E-state index in [1.54, 1.807) is 19.1 Å². The second kappa shape index (κ2) is 6.46. The van der Waals surface area contributed by atoms with Gasteiger partial charge in [0.25, 0.3) is 6.43 Å². The number of anilines is 1. The first-order valence-corrected chi connectivity index (χ1v) is 5.32. The van der Waals surface area contributed by atoms with E-state index in [0.29, 0.717) is 11.4 Å². The Morgan fingerprint density at radius 3 is 2.53 bits per heavy atom. The first kappa shape index (κ1) is 13.8. The molecular formula is C11H16F2N2O2. The number of rotatable bonds is 6. The molecule has 0 aliphatic rings. The van der Waals surface area contributed by atoms with Crippen LogP contribution in [0.2, 0.25) is 0 Å². The summed E-state index contributed by atoms with van der Waals surface area (Å²) in [6.45, 7) is 1.01. The molecule has 0 aliphatic heterocycles. The van der Waals surface area contributed by atoms with Crippen molar-refractivity contribution in [3.8, 4) is 0 Å². The van der Waals surface area contributed by atoms with E-state index in [9.17, 15) is 13.9 Å². The Kier molecular flexibility index (Phi) is 5.24. The highest BCUT2D eigenvalue weighted by Crippen LogP contribution is 2.16. The molecule has 96 valence electrons. The van der Waals surface area contributed by atoms with Gasteiger partial charge in [-0.3, -0.25) is 0 Å². The number of pyridine rings is 1. The van der Waals surface area contributed by atoms with Gasteiger partial charge in [-0.05, 0) is 18.6 Å². The van der Waals surface area contributed by atoms with Crippen molar-refractivity contribution >= 4 is 5.82 Å². The van der Waals surface area contributed by atoms with E-state index < -0.39 is 19.1 Å². The van der Waals surface area contributed by atoms with Crippen LogP contribution in [-0.4, -0.2) is 41.3 Å². The Labute approximate surface area is 98.5 Å². The summed E-state index contributed by atoms with van der Waals surface area (Å²) in [7, 11) is 0. The van der Waals surface area contributed by atoms with Gasteiger partial charge in [0.1, 0.15) is 5.82 Å². The third kappa shape index (κ3) is 4.24. The van der Waals surface area contributed by atoms with Crippen LogP contribution in [0.5, 0.6) is 0 Å². The van der Waals surface area contributed by atoms with Crippen molar-refractivity contribution in [1.29, 1.82) is 0 Å². The number of nitrogens with zero attached hydrogens (tertiary/aromatic N) is 2. The second-order valence-corrected chi connectivity index (χ2v) is 3.69. The molecule has 1 heterocycles. The Balaban J connectivity index is 2.79. The van der Waals surface area contributed by atoms with Crippen LogP contribution in [0.4, 0.5) is 14.6 Å². The summed E-state index contributed by atoms with van der Waals surface area (Å²) in [4.78, 5) is 5.30. The van der Waals surface area contributed by atoms with Crippen LogP contribution in [0.3, 0.4) is 0 Å². The van der Waals surface area contributed by atoms with E-state index in [1.807, 2.05) is 0 Å². The zero-order valence-electron chi connectivity index (χ0n) is 9.55. The quantitative estimate of drug-likeness (QED) is 0.792. The minimum absolute atomic E-state index is 0.103. The number of aromatic nitrogens is 1. The van der Waals surface area contributed by atoms with E-state index in [4.69, 9.17) is 5.11 Å². The largest absolute Gasteiger partial charge is 0.395 e. The normalized spacial score (nSPS) is 12.8. The van der Waals surface area contributed by atoms with Gasteiger partial charge in [-0.15, -0.1) is 0 Å². The fourth-order valence-corrected chi connectivity index (χ4v) is 1.42. The lowest BCUT2D eigenvalue weighted by Crippen LogP contribution is -2.32. The van der Waals surface area contributed by atoms with E-state index >= 15 is 0 Å². The third-order valence-electron chi connectivity index (χ3n) is 2.31. The number of aliphatic hydroxyl groups excluding tert-OH is 2. The monoisotopic (exact) mass is 246 g/mol. The number of halogens is 2. The lowest BCUT2D eigenvalue weighted by molar-refractivity contribution is 0.152. The molecule has 0 spiro atoms. The van der Waals surface area contributed by atoms with Gasteiger partial charge in [-0.1, -0.05) is 6.07 Å². The van der Waals surface area contributed by atoms with Crippen molar-refractivity contribution in [3.63, 3.8) is 0 Å². The molecule has 0 bridgehead atoms. The maximum absolute atomic E-state index is 12.3. The van der Waals surface area contributed by atoms with Crippen molar-refractivity contribution in [1.82, 2.24) is 4.98 Å². The van der Waals surface area contributed by atoms with Crippen LogP contribution >= 0.6 is 0 Å². The molecule has 0 radical (unpaired) electrons. The fraction of sp³-hybridized carbons (Fsp3) is 0.545. The van der Waals surface area contributed by atoms with Crippen molar-refractivity contribution in [3.05, 3.63) is 23.9 Å². The predicted molar refractivity (Wildman–Crippen MR) is 60.2 cm³/mol. The first-order valence-electron chi connectivity index (χ1n) is 5.32. The van der Waals surface area contributed by atoms with Crippen molar-refractivity contribution in [2.24, 2.45) is 0 Å². The Morgan fingerprint density at radius 1 is 1.41 bits per heavy atom. The summed E-state index contributed by atoms with van der Waals surface area (Å²) in [5.41, 5.74) is 0.620. The molecule has 1 atom stereocenters. The molecule has 0 aromatic carbocycles. The van der Waals surface area contributed by atoms with Crippen LogP contribution < -0.4 is 4.90 Å². The average Bonchev–Trinajstić information content (AvgIpc) is 2.28. The van der Waals surface area contributed by atoms with Gasteiger partial charge in [0, 0.05) is 12.7 Å². The van der Waals surface area contributed by atoms with E-state index in [2.05, 4.69) is 4.98 Å². The van der Waals surface area contributed by atoms with Crippen molar-refractivity contribution < 1.29 is 19.0 Å². The Bertz CT molecular complexity index is 331. The molecule has 4 nitrogen and oxygen atoms in total. The number of aliphatic hydroxyl groups is 2. The van der Waals surface area contributed by atoms with Gasteiger partial charge in [0.2, 0.25) is 0 Å². The van der Waals surface area contributed by atoms with E-state index in [1.165, 1.54) is 11.1 Å². The summed E-state index contributed by atoms with van der Waals surface area (Å²) in [6, 6.07) is 3.18. The minimum atomic E-state index is -2.49. The standard InChI is InChI=1S/C11H16F2N2O2/c1-8(17)9-2-3-11(14-6-9)15(4-5-16)7-10(12)13/h2-3,6,8,10,16-17H,4-5,7H2,1H3/t8-/m1/s1. The van der Waals surface area contributed by atoms with E-state index in [-0.39, 0.29) is 13.2 Å².